The van der Waals surface area contributed by atoms with Gasteiger partial charge in [0.1, 0.15) is 4.88 Å². The van der Waals surface area contributed by atoms with Crippen LogP contribution in [0.3, 0.4) is 0 Å². The molecular formula is C19H14Cl5N2O7PS2. The molecule has 17 heteroatoms. The zero-order chi connectivity index (χ0) is 27.2. The highest BCUT2D eigenvalue weighted by Crippen LogP contribution is 2.61. The molecule has 0 aliphatic heterocycles. The van der Waals surface area contributed by atoms with E-state index in [9.17, 15) is 14.2 Å². The first-order valence-corrected chi connectivity index (χ1v) is 15.9. The number of aromatic nitrogens is 2. The summed E-state index contributed by atoms with van der Waals surface area (Å²) in [5.74, 6) is 0.374. The fraction of sp³-hybridized carbons (Fsp3) is 0.158. The minimum absolute atomic E-state index is 0.248. The number of halogens is 5. The third-order valence-corrected chi connectivity index (χ3v) is 6.61. The van der Waals surface area contributed by atoms with Crippen LogP contribution in [0.4, 0.5) is 0 Å². The van der Waals surface area contributed by atoms with Gasteiger partial charge in [0.15, 0.2) is 16.7 Å². The summed E-state index contributed by atoms with van der Waals surface area (Å²) in [6.45, 7) is 0. The van der Waals surface area contributed by atoms with E-state index in [1.165, 1.54) is 38.7 Å². The molecule has 9 nitrogen and oxygen atoms in total. The van der Waals surface area contributed by atoms with E-state index >= 15 is 0 Å². The summed E-state index contributed by atoms with van der Waals surface area (Å²) in [7, 11) is 4.51. The van der Waals surface area contributed by atoms with E-state index in [-0.39, 0.29) is 10.0 Å². The zero-order valence-electron chi connectivity index (χ0n) is 18.3. The van der Waals surface area contributed by atoms with E-state index in [0.717, 1.165) is 20.7 Å². The zero-order valence-corrected chi connectivity index (χ0v) is 24.6. The van der Waals surface area contributed by atoms with Crippen LogP contribution in [-0.4, -0.2) is 47.6 Å². The fourth-order valence-corrected chi connectivity index (χ4v) is 4.62. The first-order chi connectivity index (χ1) is 16.8. The number of ether oxygens (including phenoxy) is 3. The molecule has 4 aromatic rings. The molecule has 4 rings (SSSR count). The maximum atomic E-state index is 10.9. The Labute approximate surface area is 236 Å². The summed E-state index contributed by atoms with van der Waals surface area (Å²) in [4.78, 5) is 30.7. The van der Waals surface area contributed by atoms with Gasteiger partial charge in [-0.15, -0.1) is 22.7 Å². The molecule has 1 N–H and O–H groups in total. The van der Waals surface area contributed by atoms with E-state index in [1.807, 2.05) is 0 Å². The number of carboxylic acid groups (broad SMARTS) is 1. The highest BCUT2D eigenvalue weighted by molar-refractivity contribution is 8.24. The number of thiophene rings is 2. The molecule has 0 atom stereocenters. The van der Waals surface area contributed by atoms with Gasteiger partial charge in [0.25, 0.3) is 11.1 Å². The Balaban J connectivity index is 0.000000215. The Kier molecular flexibility index (Phi) is 11.3. The predicted octanol–water partition coefficient (Wildman–Crippen LogP) is 8.16. The van der Waals surface area contributed by atoms with Crippen molar-refractivity contribution < 1.29 is 33.5 Å². The predicted molar refractivity (Wildman–Crippen MR) is 146 cm³/mol. The van der Waals surface area contributed by atoms with E-state index in [4.69, 9.17) is 42.5 Å². The number of methoxy groups -OCH3 is 3. The number of carboxylic acids is 1. The summed E-state index contributed by atoms with van der Waals surface area (Å²) >= 11 is 27.5. The van der Waals surface area contributed by atoms with E-state index in [2.05, 4.69) is 43.7 Å². The molecule has 0 saturated heterocycles. The highest BCUT2D eigenvalue weighted by atomic mass is 36.0. The number of pyridine rings is 2. The molecular weight excluding hydrogens is 641 g/mol. The second kappa shape index (κ2) is 13.3. The van der Waals surface area contributed by atoms with Crippen molar-refractivity contribution >= 4 is 116 Å². The molecule has 0 fully saturated rings. The Hall–Kier alpha value is -1.56. The minimum atomic E-state index is -3.22. The molecule has 0 bridgehead atoms. The van der Waals surface area contributed by atoms with Gasteiger partial charge in [-0.3, -0.25) is 9.36 Å². The average Bonchev–Trinajstić information content (AvgIpc) is 3.40. The van der Waals surface area contributed by atoms with Crippen molar-refractivity contribution in [3.63, 3.8) is 0 Å². The summed E-state index contributed by atoms with van der Waals surface area (Å²) in [6.07, 6.45) is 0. The summed E-state index contributed by atoms with van der Waals surface area (Å²) in [5.41, 5.74) is 1.25. The van der Waals surface area contributed by atoms with Crippen LogP contribution >= 0.6 is 84.8 Å². The molecule has 0 unspecified atom stereocenters. The van der Waals surface area contributed by atoms with Crippen LogP contribution in [0.5, 0.6) is 17.4 Å². The van der Waals surface area contributed by atoms with Gasteiger partial charge < -0.3 is 19.3 Å². The van der Waals surface area contributed by atoms with Crippen LogP contribution in [0.15, 0.2) is 24.3 Å². The number of fused-ring (bicyclic) bond motifs is 2. The van der Waals surface area contributed by atoms with Crippen molar-refractivity contribution in [3.8, 4) is 17.4 Å². The first-order valence-electron chi connectivity index (χ1n) is 9.06. The smallest absolute Gasteiger partial charge is 0.345 e. The fourth-order valence-electron chi connectivity index (χ4n) is 2.50. The topological polar surface area (TPSA) is 125 Å². The van der Waals surface area contributed by atoms with Gasteiger partial charge in [0, 0.05) is 12.1 Å². The van der Waals surface area contributed by atoms with Crippen molar-refractivity contribution in [1.82, 2.24) is 9.97 Å². The van der Waals surface area contributed by atoms with Crippen LogP contribution in [-0.2, 0) is 4.57 Å². The lowest BCUT2D eigenvalue weighted by Gasteiger charge is -2.05. The summed E-state index contributed by atoms with van der Waals surface area (Å²) in [6, 6.07) is 6.59. The Morgan fingerprint density at radius 1 is 0.861 bits per heavy atom. The number of hydrogen-bond acceptors (Lipinski definition) is 10. The Bertz CT molecular complexity index is 1410. The second-order valence-corrected chi connectivity index (χ2v) is 15.7. The number of aromatic carboxylic acids is 1. The van der Waals surface area contributed by atoms with Crippen LogP contribution < -0.4 is 14.2 Å². The van der Waals surface area contributed by atoms with Crippen LogP contribution in [0, 0.1) is 0 Å². The van der Waals surface area contributed by atoms with Crippen molar-refractivity contribution in [2.45, 2.75) is 0 Å². The van der Waals surface area contributed by atoms with Gasteiger partial charge in [-0.25, -0.2) is 14.8 Å². The minimum Gasteiger partial charge on any atom is -0.493 e. The lowest BCUT2D eigenvalue weighted by atomic mass is 10.3. The lowest BCUT2D eigenvalue weighted by molar-refractivity contribution is 0.0702. The summed E-state index contributed by atoms with van der Waals surface area (Å²) in [5, 5.41) is 5.42. The van der Waals surface area contributed by atoms with E-state index in [0.29, 0.717) is 33.3 Å². The van der Waals surface area contributed by atoms with Crippen LogP contribution in [0.2, 0.25) is 5.15 Å². The molecule has 36 heavy (non-hydrogen) atoms. The lowest BCUT2D eigenvalue weighted by Crippen LogP contribution is -1.92. The number of hydrogen-bond donors (Lipinski definition) is 1. The average molecular weight is 655 g/mol. The van der Waals surface area contributed by atoms with E-state index in [1.54, 1.807) is 18.2 Å². The van der Waals surface area contributed by atoms with Gasteiger partial charge in [0.05, 0.1) is 46.6 Å². The maximum Gasteiger partial charge on any atom is 0.345 e. The maximum absolute atomic E-state index is 10.9. The number of carbonyl (C=O) groups is 2. The van der Waals surface area contributed by atoms with Crippen molar-refractivity contribution in [2.24, 2.45) is 0 Å². The molecule has 0 amide bonds. The van der Waals surface area contributed by atoms with Gasteiger partial charge in [0.2, 0.25) is 0 Å². The SMILES string of the molecule is COc1cc2sc(C(=O)Cl)cc2nc1Cl.COc1cc2sc(C(=O)O)cc2nc1OC.O=P(Cl)(Cl)Cl. The molecule has 0 spiro atoms. The normalized spacial score (nSPS) is 10.7. The molecule has 4 aromatic heterocycles. The number of nitrogens with zero attached hydrogens (tertiary/aromatic N) is 2. The largest absolute Gasteiger partial charge is 0.493 e. The molecule has 0 aliphatic rings. The van der Waals surface area contributed by atoms with Crippen molar-refractivity contribution in [2.75, 3.05) is 21.3 Å². The van der Waals surface area contributed by atoms with E-state index < -0.39 is 16.4 Å². The molecule has 0 aromatic carbocycles. The number of carbonyl (C=O) groups excluding carboxylic acids is 1. The third kappa shape index (κ3) is 8.78. The molecule has 4 heterocycles. The molecule has 0 aliphatic carbocycles. The van der Waals surface area contributed by atoms with Crippen LogP contribution in [0.25, 0.3) is 20.4 Å². The van der Waals surface area contributed by atoms with Crippen molar-refractivity contribution in [3.05, 3.63) is 39.2 Å². The van der Waals surface area contributed by atoms with Gasteiger partial charge >= 0.3 is 11.2 Å². The molecule has 0 saturated carbocycles. The number of rotatable bonds is 5. The van der Waals surface area contributed by atoms with Crippen molar-refractivity contribution in [1.29, 1.82) is 0 Å². The monoisotopic (exact) mass is 652 g/mol. The standard InChI is InChI=1S/C10H9NO4S.C9H5Cl2NO2S.Cl3OP/c1-14-6-4-7-5(11-9(6)15-2)3-8(16-7)10(12)13;1-14-5-3-6-4(12-8(5)10)2-7(15-6)9(11)13;1-5(2,3)4/h3-4H,1-2H3,(H,12,13);2-3H,1H3;. The molecule has 194 valence electrons. The Morgan fingerprint density at radius 3 is 1.81 bits per heavy atom. The molecule has 0 radical (unpaired) electrons. The second-order valence-electron chi connectivity index (χ2n) is 6.15. The third-order valence-electron chi connectivity index (χ3n) is 3.90. The first kappa shape index (κ1) is 30.7. The Morgan fingerprint density at radius 2 is 1.33 bits per heavy atom. The summed E-state index contributed by atoms with van der Waals surface area (Å²) < 4.78 is 26.2. The van der Waals surface area contributed by atoms with Gasteiger partial charge in [-0.1, -0.05) is 11.6 Å². The quantitative estimate of drug-likeness (QED) is 0.129. The highest BCUT2D eigenvalue weighted by Gasteiger charge is 2.14. The van der Waals surface area contributed by atoms with Gasteiger partial charge in [-0.2, -0.15) is 0 Å². The van der Waals surface area contributed by atoms with Gasteiger partial charge in [-0.05, 0) is 57.5 Å². The van der Waals surface area contributed by atoms with Crippen LogP contribution in [0.1, 0.15) is 19.3 Å².